The zero-order valence-corrected chi connectivity index (χ0v) is 6.78. The molecule has 0 bridgehead atoms. The molecule has 0 aromatic heterocycles. The zero-order chi connectivity index (χ0) is 6.57. The van der Waals surface area contributed by atoms with E-state index in [0.717, 1.165) is 0 Å². The molecule has 5 heteroatoms. The van der Waals surface area contributed by atoms with E-state index in [1.165, 1.54) is 0 Å². The van der Waals surface area contributed by atoms with Crippen molar-refractivity contribution < 1.29 is 22.7 Å². The Morgan fingerprint density at radius 1 is 1.11 bits per heavy atom. The number of hydrogen-bond acceptors (Lipinski definition) is 2. The Morgan fingerprint density at radius 2 is 1.33 bits per heavy atom. The van der Waals surface area contributed by atoms with Crippen LogP contribution in [0.25, 0.3) is 0 Å². The number of hydrogen-bond donors (Lipinski definition) is 2. The van der Waals surface area contributed by atoms with Gasteiger partial charge in [0, 0.05) is 12.2 Å². The van der Waals surface area contributed by atoms with Gasteiger partial charge in [0.05, 0.1) is 0 Å². The molecule has 0 aromatic carbocycles. The molecule has 0 unspecified atom stereocenters. The maximum Gasteiger partial charge on any atom is 2.00 e. The fourth-order valence-corrected chi connectivity index (χ4v) is 0.143. The molecule has 0 spiro atoms. The first-order valence-electron chi connectivity index (χ1n) is 1.77. The van der Waals surface area contributed by atoms with Crippen molar-refractivity contribution in [3.8, 4) is 0 Å². The quantitative estimate of drug-likeness (QED) is 0.422. The zero-order valence-electron chi connectivity index (χ0n) is 6.57. The molecule has 0 atom stereocenters. The molecule has 0 aromatic rings. The first-order chi connectivity index (χ1) is 3.63. The number of carboxylic acids is 2. The number of carbonyl (C=O) groups is 2. The molecule has 48 valence electrons. The van der Waals surface area contributed by atoms with Crippen LogP contribution in [-0.2, 0) is 9.59 Å². The Morgan fingerprint density at radius 3 is 1.44 bits per heavy atom. The summed E-state index contributed by atoms with van der Waals surface area (Å²) in [5.41, 5.74) is 0. The van der Waals surface area contributed by atoms with Crippen molar-refractivity contribution in [3.63, 3.8) is 0 Å². The average Bonchev–Trinajstić information content (AvgIpc) is 1.61. The molecule has 0 rings (SSSR count). The number of carboxylic acid groups (broad SMARTS) is 2. The molecule has 0 saturated heterocycles. The minimum atomic E-state index is -1.26. The largest absolute Gasteiger partial charge is 2.00 e. The van der Waals surface area contributed by atoms with Gasteiger partial charge in [0.1, 0.15) is 0 Å². The average molecular weight is 158 g/mol. The van der Waals surface area contributed by atoms with Crippen LogP contribution in [0.15, 0.2) is 12.2 Å². The maximum absolute atomic E-state index is 9.55. The monoisotopic (exact) mass is 158 g/mol. The van der Waals surface area contributed by atoms with Crippen LogP contribution < -0.4 is 0 Å². The van der Waals surface area contributed by atoms with Crippen LogP contribution in [0.1, 0.15) is 2.85 Å². The molecular weight excluding hydrogens is 152 g/mol. The Hall–Kier alpha value is -0.0603. The van der Waals surface area contributed by atoms with Gasteiger partial charge in [-0.3, -0.25) is 0 Å². The van der Waals surface area contributed by atoms with E-state index in [2.05, 4.69) is 0 Å². The number of rotatable bonds is 2. The Labute approximate surface area is 84.1 Å². The van der Waals surface area contributed by atoms with Gasteiger partial charge >= 0.3 is 49.7 Å². The van der Waals surface area contributed by atoms with Crippen LogP contribution >= 0.6 is 0 Å². The van der Waals surface area contributed by atoms with E-state index in [0.29, 0.717) is 12.2 Å². The Bertz CT molecular complexity index is 131. The van der Waals surface area contributed by atoms with Gasteiger partial charge in [-0.2, -0.15) is 0 Å². The van der Waals surface area contributed by atoms with E-state index < -0.39 is 11.9 Å². The minimum Gasteiger partial charge on any atom is -1.00 e. The summed E-state index contributed by atoms with van der Waals surface area (Å²) >= 11 is 0. The molecule has 0 aliphatic heterocycles. The van der Waals surface area contributed by atoms with Gasteiger partial charge in [-0.05, 0) is 0 Å². The molecule has 2 N–H and O–H groups in total. The summed E-state index contributed by atoms with van der Waals surface area (Å²) in [5, 5.41) is 15.6. The third-order valence-corrected chi connectivity index (χ3v) is 0.368. The second-order valence-corrected chi connectivity index (χ2v) is 1.01. The molecule has 0 amide bonds. The first kappa shape index (κ1) is 11.7. The summed E-state index contributed by atoms with van der Waals surface area (Å²) in [5.74, 6) is -2.51. The topological polar surface area (TPSA) is 74.6 Å². The molecule has 0 aliphatic rings. The summed E-state index contributed by atoms with van der Waals surface area (Å²) in [6.45, 7) is 0. The fourth-order valence-electron chi connectivity index (χ4n) is 0.143. The molecule has 0 fully saturated rings. The van der Waals surface area contributed by atoms with Crippen molar-refractivity contribution >= 4 is 49.7 Å². The first-order valence-corrected chi connectivity index (χ1v) is 1.77. The second-order valence-electron chi connectivity index (χ2n) is 1.01. The normalized spacial score (nSPS) is 8.44. The van der Waals surface area contributed by atoms with Crippen LogP contribution in [0.3, 0.4) is 0 Å². The predicted molar refractivity (Wildman–Crippen MR) is 32.4 cm³/mol. The minimum absolute atomic E-state index is 0. The number of aliphatic carboxylic acids is 2. The van der Waals surface area contributed by atoms with Crippen LogP contribution in [-0.4, -0.2) is 59.9 Å². The Kier molecular flexibility index (Phi) is 7.89. The molecular formula is C4H6CaO4. The maximum atomic E-state index is 9.55. The third kappa shape index (κ3) is 11.5. The SMILES string of the molecule is O=C(O)C=CC(=O)O.[Ca+2].[H-].[H-]. The van der Waals surface area contributed by atoms with Gasteiger partial charge in [0.25, 0.3) is 0 Å². The van der Waals surface area contributed by atoms with Crippen molar-refractivity contribution in [2.24, 2.45) is 0 Å². The summed E-state index contributed by atoms with van der Waals surface area (Å²) in [6, 6.07) is 0. The van der Waals surface area contributed by atoms with Crippen molar-refractivity contribution in [2.45, 2.75) is 0 Å². The van der Waals surface area contributed by atoms with Crippen LogP contribution in [0.5, 0.6) is 0 Å². The van der Waals surface area contributed by atoms with E-state index >= 15 is 0 Å². The van der Waals surface area contributed by atoms with Gasteiger partial charge in [0.15, 0.2) is 0 Å². The van der Waals surface area contributed by atoms with Crippen molar-refractivity contribution in [1.82, 2.24) is 0 Å². The summed E-state index contributed by atoms with van der Waals surface area (Å²) in [6.07, 6.45) is 1.12. The summed E-state index contributed by atoms with van der Waals surface area (Å²) in [4.78, 5) is 19.1. The van der Waals surface area contributed by atoms with Crippen LogP contribution in [0.2, 0.25) is 0 Å². The molecule has 9 heavy (non-hydrogen) atoms. The van der Waals surface area contributed by atoms with Gasteiger partial charge < -0.3 is 13.1 Å². The predicted octanol–water partition coefficient (Wildman–Crippen LogP) is -0.444. The molecule has 0 radical (unpaired) electrons. The van der Waals surface area contributed by atoms with Gasteiger partial charge in [-0.15, -0.1) is 0 Å². The fraction of sp³-hybridized carbons (Fsp3) is 0. The molecule has 4 nitrogen and oxygen atoms in total. The van der Waals surface area contributed by atoms with E-state index in [1.54, 1.807) is 0 Å². The van der Waals surface area contributed by atoms with E-state index in [-0.39, 0.29) is 40.6 Å². The van der Waals surface area contributed by atoms with Crippen molar-refractivity contribution in [1.29, 1.82) is 0 Å². The third-order valence-electron chi connectivity index (χ3n) is 0.368. The van der Waals surface area contributed by atoms with Crippen molar-refractivity contribution in [3.05, 3.63) is 12.2 Å². The van der Waals surface area contributed by atoms with Gasteiger partial charge in [-0.1, -0.05) is 0 Å². The van der Waals surface area contributed by atoms with E-state index in [9.17, 15) is 9.59 Å². The molecule has 0 saturated carbocycles. The van der Waals surface area contributed by atoms with Crippen molar-refractivity contribution in [2.75, 3.05) is 0 Å². The van der Waals surface area contributed by atoms with E-state index in [4.69, 9.17) is 10.2 Å². The standard InChI is InChI=1S/C4H4O4.Ca.2H/c5-3(6)1-2-4(7)8;;;/h1-2H,(H,5,6)(H,7,8);;;/q;+2;2*-1. The van der Waals surface area contributed by atoms with Gasteiger partial charge in [-0.25, -0.2) is 9.59 Å². The van der Waals surface area contributed by atoms with E-state index in [1.807, 2.05) is 0 Å². The molecule has 0 heterocycles. The summed E-state index contributed by atoms with van der Waals surface area (Å²) < 4.78 is 0. The van der Waals surface area contributed by atoms with Gasteiger partial charge in [0.2, 0.25) is 0 Å². The van der Waals surface area contributed by atoms with Crippen LogP contribution in [0, 0.1) is 0 Å². The Balaban J connectivity index is -0.0000000817. The van der Waals surface area contributed by atoms with Crippen LogP contribution in [0.4, 0.5) is 0 Å². The molecule has 0 aliphatic carbocycles. The smallest absolute Gasteiger partial charge is 1.00 e. The summed E-state index contributed by atoms with van der Waals surface area (Å²) in [7, 11) is 0. The second kappa shape index (κ2) is 6.07.